The first-order valence-electron chi connectivity index (χ1n) is 8.53. The van der Waals surface area contributed by atoms with Crippen molar-refractivity contribution < 1.29 is 5.11 Å². The molecule has 0 radical (unpaired) electrons. The van der Waals surface area contributed by atoms with Gasteiger partial charge in [0.1, 0.15) is 5.69 Å². The van der Waals surface area contributed by atoms with Crippen LogP contribution in [-0.2, 0) is 0 Å². The number of aromatic amines is 1. The summed E-state index contributed by atoms with van der Waals surface area (Å²) in [5.74, 6) is 3.00. The van der Waals surface area contributed by atoms with E-state index in [0.29, 0.717) is 23.5 Å². The highest BCUT2D eigenvalue weighted by molar-refractivity contribution is 6.20. The van der Waals surface area contributed by atoms with E-state index < -0.39 is 0 Å². The summed E-state index contributed by atoms with van der Waals surface area (Å²) >= 11 is 0. The van der Waals surface area contributed by atoms with E-state index in [0.717, 1.165) is 23.0 Å². The highest BCUT2D eigenvalue weighted by Crippen LogP contribution is 2.45. The smallest absolute Gasteiger partial charge is 0.238 e. The molecule has 3 unspecified atom stereocenters. The average Bonchev–Trinajstić information content (AvgIpc) is 3.34. The fourth-order valence-electron chi connectivity index (χ4n) is 4.34. The molecule has 0 spiro atoms. The first-order valence-corrected chi connectivity index (χ1v) is 8.53. The molecule has 0 aromatic carbocycles. The third-order valence-electron chi connectivity index (χ3n) is 5.50. The maximum atomic E-state index is 10.2. The molecule has 3 aliphatic rings. The van der Waals surface area contributed by atoms with Gasteiger partial charge >= 0.3 is 0 Å². The number of allylic oxidation sites excluding steroid dienone is 1. The molecule has 6 heteroatoms. The molecule has 0 amide bonds. The van der Waals surface area contributed by atoms with Gasteiger partial charge in [-0.1, -0.05) is 6.42 Å². The quantitative estimate of drug-likeness (QED) is 0.809. The number of hydrogen-bond donors (Lipinski definition) is 3. The van der Waals surface area contributed by atoms with E-state index in [2.05, 4.69) is 25.3 Å². The molecule has 3 N–H and O–H groups in total. The maximum Gasteiger partial charge on any atom is 0.238 e. The third kappa shape index (κ3) is 2.21. The van der Waals surface area contributed by atoms with Gasteiger partial charge in [0.25, 0.3) is 0 Å². The highest BCUT2D eigenvalue weighted by atomic mass is 16.3. The number of H-pyrrole nitrogens is 1. The van der Waals surface area contributed by atoms with Crippen molar-refractivity contribution in [3.05, 3.63) is 29.6 Å². The predicted molar refractivity (Wildman–Crippen MR) is 93.4 cm³/mol. The Morgan fingerprint density at radius 3 is 3.08 bits per heavy atom. The summed E-state index contributed by atoms with van der Waals surface area (Å²) in [7, 11) is 0. The second-order valence-electron chi connectivity index (χ2n) is 6.98. The normalized spacial score (nSPS) is 28.7. The summed E-state index contributed by atoms with van der Waals surface area (Å²) in [6, 6.07) is 4.34. The van der Waals surface area contributed by atoms with Crippen LogP contribution in [0.25, 0.3) is 11.6 Å². The molecule has 2 fully saturated rings. The summed E-state index contributed by atoms with van der Waals surface area (Å²) in [6.07, 6.45) is 10.6. The van der Waals surface area contributed by atoms with E-state index in [9.17, 15) is 5.11 Å². The van der Waals surface area contributed by atoms with Gasteiger partial charge in [-0.3, -0.25) is 0 Å². The van der Waals surface area contributed by atoms with Crippen molar-refractivity contribution >= 4 is 29.6 Å². The topological polar surface area (TPSA) is 86.2 Å². The second kappa shape index (κ2) is 5.19. The van der Waals surface area contributed by atoms with Gasteiger partial charge in [-0.25, -0.2) is 9.98 Å². The summed E-state index contributed by atoms with van der Waals surface area (Å²) in [5.41, 5.74) is 2.48. The molecular weight excluding hydrogens is 302 g/mol. The van der Waals surface area contributed by atoms with Crippen LogP contribution in [-0.4, -0.2) is 32.3 Å². The van der Waals surface area contributed by atoms with E-state index in [-0.39, 0.29) is 5.88 Å². The van der Waals surface area contributed by atoms with Crippen LogP contribution in [0.1, 0.15) is 36.9 Å². The van der Waals surface area contributed by atoms with Gasteiger partial charge in [0.15, 0.2) is 5.82 Å². The zero-order chi connectivity index (χ0) is 16.1. The lowest BCUT2D eigenvalue weighted by Gasteiger charge is -2.22. The Morgan fingerprint density at radius 1 is 1.29 bits per heavy atom. The Morgan fingerprint density at radius 2 is 2.25 bits per heavy atom. The molecule has 3 atom stereocenters. The van der Waals surface area contributed by atoms with Crippen molar-refractivity contribution in [2.75, 3.05) is 5.32 Å². The molecule has 0 saturated heterocycles. The van der Waals surface area contributed by atoms with Crippen LogP contribution < -0.4 is 5.32 Å². The number of imidazole rings is 1. The summed E-state index contributed by atoms with van der Waals surface area (Å²) in [6.45, 7) is 0. The number of aromatic hydroxyl groups is 1. The van der Waals surface area contributed by atoms with Crippen LogP contribution >= 0.6 is 0 Å². The Bertz CT molecular complexity index is 853. The van der Waals surface area contributed by atoms with Crippen LogP contribution in [0, 0.1) is 11.8 Å². The number of rotatable bonds is 3. The lowest BCUT2D eigenvalue weighted by atomic mass is 9.95. The van der Waals surface area contributed by atoms with Crippen LogP contribution in [0.15, 0.2) is 23.3 Å². The number of anilines is 1. The minimum atomic E-state index is 0.0129. The molecule has 2 aromatic heterocycles. The van der Waals surface area contributed by atoms with Crippen molar-refractivity contribution in [2.24, 2.45) is 16.8 Å². The molecular formula is C18H19N5O. The summed E-state index contributed by atoms with van der Waals surface area (Å²) in [5, 5.41) is 13.6. The van der Waals surface area contributed by atoms with Crippen LogP contribution in [0.2, 0.25) is 0 Å². The Balaban J connectivity index is 1.39. The maximum absolute atomic E-state index is 10.2. The number of aliphatic imine (C=N–C) groups is 1. The molecule has 122 valence electrons. The fraction of sp³-hybridized carbons (Fsp3) is 0.389. The van der Waals surface area contributed by atoms with E-state index in [4.69, 9.17) is 0 Å². The SMILES string of the molecule is Oc1nc(NC2CC3CCC2C3)[nH]c1C=C1C=Nc2ncccc21. The van der Waals surface area contributed by atoms with Crippen molar-refractivity contribution in [3.63, 3.8) is 0 Å². The van der Waals surface area contributed by atoms with Crippen molar-refractivity contribution in [1.29, 1.82) is 0 Å². The number of nitrogens with zero attached hydrogens (tertiary/aromatic N) is 3. The number of pyridine rings is 1. The van der Waals surface area contributed by atoms with Gasteiger partial charge in [-0.05, 0) is 49.3 Å². The molecule has 6 nitrogen and oxygen atoms in total. The van der Waals surface area contributed by atoms with Gasteiger partial charge in [-0.2, -0.15) is 4.98 Å². The molecule has 2 saturated carbocycles. The van der Waals surface area contributed by atoms with Crippen LogP contribution in [0.3, 0.4) is 0 Å². The zero-order valence-electron chi connectivity index (χ0n) is 13.2. The van der Waals surface area contributed by atoms with Crippen LogP contribution in [0.4, 0.5) is 11.8 Å². The van der Waals surface area contributed by atoms with Crippen molar-refractivity contribution in [2.45, 2.75) is 31.7 Å². The molecule has 1 aliphatic heterocycles. The Hall–Kier alpha value is -2.63. The summed E-state index contributed by atoms with van der Waals surface area (Å²) < 4.78 is 0. The number of nitrogens with one attached hydrogen (secondary N) is 2. The Labute approximate surface area is 139 Å². The minimum Gasteiger partial charge on any atom is -0.492 e. The standard InChI is InChI=1S/C18H19N5O/c24-17-15(8-12-9-20-16-13(12)2-1-5-19-16)22-18(23-17)21-14-7-10-3-4-11(14)6-10/h1-2,5,8-11,14,24H,3-4,6-7H2,(H2,21,22,23). The molecule has 2 aliphatic carbocycles. The minimum absolute atomic E-state index is 0.0129. The predicted octanol–water partition coefficient (Wildman–Crippen LogP) is 3.37. The van der Waals surface area contributed by atoms with E-state index in [1.807, 2.05) is 18.2 Å². The van der Waals surface area contributed by atoms with E-state index in [1.54, 1.807) is 12.4 Å². The van der Waals surface area contributed by atoms with Crippen LogP contribution in [0.5, 0.6) is 5.88 Å². The van der Waals surface area contributed by atoms with Crippen molar-refractivity contribution in [1.82, 2.24) is 15.0 Å². The highest BCUT2D eigenvalue weighted by Gasteiger charge is 2.39. The summed E-state index contributed by atoms with van der Waals surface area (Å²) in [4.78, 5) is 16.0. The van der Waals surface area contributed by atoms with E-state index >= 15 is 0 Å². The monoisotopic (exact) mass is 321 g/mol. The zero-order valence-corrected chi connectivity index (χ0v) is 13.2. The fourth-order valence-corrected chi connectivity index (χ4v) is 4.34. The Kier molecular flexibility index (Phi) is 2.98. The lowest BCUT2D eigenvalue weighted by Crippen LogP contribution is -2.26. The number of fused-ring (bicyclic) bond motifs is 3. The molecule has 2 aromatic rings. The average molecular weight is 321 g/mol. The molecule has 2 bridgehead atoms. The third-order valence-corrected chi connectivity index (χ3v) is 5.50. The molecule has 3 heterocycles. The largest absolute Gasteiger partial charge is 0.492 e. The number of hydrogen-bond acceptors (Lipinski definition) is 5. The van der Waals surface area contributed by atoms with Gasteiger partial charge < -0.3 is 15.4 Å². The van der Waals surface area contributed by atoms with Gasteiger partial charge in [0.05, 0.1) is 0 Å². The van der Waals surface area contributed by atoms with Gasteiger partial charge in [-0.15, -0.1) is 0 Å². The molecule has 24 heavy (non-hydrogen) atoms. The first-order chi connectivity index (χ1) is 11.8. The van der Waals surface area contributed by atoms with Gasteiger partial charge in [0, 0.05) is 29.6 Å². The van der Waals surface area contributed by atoms with E-state index in [1.165, 1.54) is 25.7 Å². The second-order valence-corrected chi connectivity index (χ2v) is 6.98. The number of aromatic nitrogens is 3. The van der Waals surface area contributed by atoms with Gasteiger partial charge in [0.2, 0.25) is 11.8 Å². The first kappa shape index (κ1) is 13.8. The van der Waals surface area contributed by atoms with Crippen molar-refractivity contribution in [3.8, 4) is 5.88 Å². The lowest BCUT2D eigenvalue weighted by molar-refractivity contribution is 0.436. The molecule has 5 rings (SSSR count).